The Hall–Kier alpha value is -7.82. The first-order chi connectivity index (χ1) is 29.7. The van der Waals surface area contributed by atoms with E-state index in [4.69, 9.17) is 9.97 Å². The molecular formula is C56H38N4. The van der Waals surface area contributed by atoms with E-state index in [2.05, 4.69) is 210 Å². The van der Waals surface area contributed by atoms with E-state index in [0.717, 1.165) is 51.3 Å². The van der Waals surface area contributed by atoms with Gasteiger partial charge < -0.3 is 9.47 Å². The van der Waals surface area contributed by atoms with Gasteiger partial charge in [-0.3, -0.25) is 0 Å². The van der Waals surface area contributed by atoms with Crippen LogP contribution in [-0.2, 0) is 0 Å². The van der Waals surface area contributed by atoms with Gasteiger partial charge in [-0.15, -0.1) is 0 Å². The van der Waals surface area contributed by atoms with Gasteiger partial charge in [0.05, 0.1) is 28.3 Å². The third-order valence-electron chi connectivity index (χ3n) is 12.3. The maximum Gasteiger partial charge on any atom is 0.160 e. The predicted octanol–water partition coefficient (Wildman–Crippen LogP) is 14.1. The van der Waals surface area contributed by atoms with Gasteiger partial charge in [0.1, 0.15) is 0 Å². The molecule has 1 aliphatic carbocycles. The van der Waals surface area contributed by atoms with Gasteiger partial charge in [0.25, 0.3) is 0 Å². The van der Waals surface area contributed by atoms with Crippen molar-refractivity contribution in [2.24, 2.45) is 0 Å². The number of nitrogens with zero attached hydrogens (tertiary/aromatic N) is 4. The molecule has 0 bridgehead atoms. The van der Waals surface area contributed by atoms with Crippen LogP contribution in [0.15, 0.2) is 212 Å². The summed E-state index contributed by atoms with van der Waals surface area (Å²) < 4.78 is 2.40. The number of allylic oxidation sites excluding steroid dienone is 2. The normalized spacial score (nSPS) is 14.6. The van der Waals surface area contributed by atoms with Gasteiger partial charge in [-0.05, 0) is 113 Å². The van der Waals surface area contributed by atoms with E-state index in [1.165, 1.54) is 60.9 Å². The molecule has 1 unspecified atom stereocenters. The Balaban J connectivity index is 0.914. The molecule has 0 fully saturated rings. The fourth-order valence-electron chi connectivity index (χ4n) is 9.47. The Bertz CT molecular complexity index is 3330. The zero-order valence-electron chi connectivity index (χ0n) is 32.8. The molecule has 0 N–H and O–H groups in total. The summed E-state index contributed by atoms with van der Waals surface area (Å²) in [6.45, 7) is 0. The minimum atomic E-state index is 0.191. The Kier molecular flexibility index (Phi) is 7.95. The maximum absolute atomic E-state index is 5.13. The lowest BCUT2D eigenvalue weighted by atomic mass is 9.89. The second-order valence-electron chi connectivity index (χ2n) is 15.7. The maximum atomic E-state index is 5.13. The molecule has 3 heterocycles. The number of para-hydroxylation sites is 3. The number of rotatable bonds is 6. The fourth-order valence-corrected chi connectivity index (χ4v) is 9.47. The highest BCUT2D eigenvalue weighted by Crippen LogP contribution is 2.49. The molecule has 10 aromatic rings. The average Bonchev–Trinajstić information content (AvgIpc) is 3.84. The minimum absolute atomic E-state index is 0.191. The summed E-state index contributed by atoms with van der Waals surface area (Å²) in [5.74, 6) is 0.729. The number of benzene rings is 8. The molecule has 12 rings (SSSR count). The summed E-state index contributed by atoms with van der Waals surface area (Å²) >= 11 is 0. The lowest BCUT2D eigenvalue weighted by Gasteiger charge is -2.29. The van der Waals surface area contributed by atoms with Crippen LogP contribution in [-0.4, -0.2) is 20.6 Å². The van der Waals surface area contributed by atoms with Gasteiger partial charge in [0, 0.05) is 49.9 Å². The highest BCUT2D eigenvalue weighted by Gasteiger charge is 2.36. The van der Waals surface area contributed by atoms with Crippen molar-refractivity contribution < 1.29 is 0 Å². The predicted molar refractivity (Wildman–Crippen MR) is 250 cm³/mol. The van der Waals surface area contributed by atoms with Crippen LogP contribution in [0.3, 0.4) is 0 Å². The Morgan fingerprint density at radius 3 is 1.83 bits per heavy atom. The van der Waals surface area contributed by atoms with Crippen molar-refractivity contribution in [2.45, 2.75) is 12.5 Å². The molecule has 8 aromatic carbocycles. The van der Waals surface area contributed by atoms with E-state index in [0.29, 0.717) is 0 Å². The lowest BCUT2D eigenvalue weighted by Crippen LogP contribution is -2.27. The van der Waals surface area contributed by atoms with E-state index in [1.54, 1.807) is 0 Å². The van der Waals surface area contributed by atoms with Crippen LogP contribution in [0, 0.1) is 0 Å². The van der Waals surface area contributed by atoms with Crippen LogP contribution in [0.1, 0.15) is 17.5 Å². The second-order valence-corrected chi connectivity index (χ2v) is 15.7. The summed E-state index contributed by atoms with van der Waals surface area (Å²) in [4.78, 5) is 12.7. The van der Waals surface area contributed by atoms with Crippen LogP contribution in [0.5, 0.6) is 0 Å². The summed E-state index contributed by atoms with van der Waals surface area (Å²) in [7, 11) is 0. The molecule has 1 aliphatic heterocycles. The van der Waals surface area contributed by atoms with Crippen LogP contribution >= 0.6 is 0 Å². The van der Waals surface area contributed by atoms with Crippen LogP contribution < -0.4 is 4.90 Å². The molecule has 1 atom stereocenters. The molecule has 0 saturated carbocycles. The molecule has 2 aromatic heterocycles. The molecule has 0 spiro atoms. The first kappa shape index (κ1) is 34.2. The van der Waals surface area contributed by atoms with Crippen molar-refractivity contribution in [3.8, 4) is 39.5 Å². The standard InChI is InChI=1S/C56H38N4/c1-4-14-37(15-5-1)40-26-31-53-48(34-40)49-36-42(28-33-54(49)59(53)43-18-8-3-9-19-43)41-27-32-52-47(35-41)45-20-11-13-23-51(45)60(52)44-29-24-39(25-30-44)56-57-50-22-12-10-21-46(50)55(58-56)38-16-6-2-7-17-38/h1-31,33-36,52H,32H2. The van der Waals surface area contributed by atoms with E-state index >= 15 is 0 Å². The largest absolute Gasteiger partial charge is 0.333 e. The first-order valence-corrected chi connectivity index (χ1v) is 20.7. The molecule has 0 amide bonds. The van der Waals surface area contributed by atoms with E-state index in [1.807, 2.05) is 12.1 Å². The van der Waals surface area contributed by atoms with Gasteiger partial charge in [0.2, 0.25) is 0 Å². The molecule has 0 radical (unpaired) electrons. The number of hydrogen-bond donors (Lipinski definition) is 0. The molecule has 4 nitrogen and oxygen atoms in total. The van der Waals surface area contributed by atoms with Crippen molar-refractivity contribution in [2.75, 3.05) is 4.90 Å². The van der Waals surface area contributed by atoms with E-state index < -0.39 is 0 Å². The molecule has 60 heavy (non-hydrogen) atoms. The number of aromatic nitrogens is 3. The minimum Gasteiger partial charge on any atom is -0.333 e. The number of hydrogen-bond acceptors (Lipinski definition) is 3. The van der Waals surface area contributed by atoms with Crippen LogP contribution in [0.25, 0.3) is 83.3 Å². The van der Waals surface area contributed by atoms with E-state index in [9.17, 15) is 0 Å². The zero-order chi connectivity index (χ0) is 39.6. The van der Waals surface area contributed by atoms with Gasteiger partial charge in [-0.2, -0.15) is 0 Å². The Morgan fingerprint density at radius 2 is 1.07 bits per heavy atom. The summed E-state index contributed by atoms with van der Waals surface area (Å²) in [6, 6.07) is 71.8. The molecule has 282 valence electrons. The van der Waals surface area contributed by atoms with Gasteiger partial charge in [-0.1, -0.05) is 133 Å². The van der Waals surface area contributed by atoms with Crippen molar-refractivity contribution in [3.63, 3.8) is 0 Å². The Labute approximate surface area is 348 Å². The monoisotopic (exact) mass is 766 g/mol. The first-order valence-electron chi connectivity index (χ1n) is 20.7. The fraction of sp³-hybridized carbons (Fsp3) is 0.0357. The van der Waals surface area contributed by atoms with Crippen molar-refractivity contribution in [1.29, 1.82) is 0 Å². The highest BCUT2D eigenvalue weighted by atomic mass is 15.2. The van der Waals surface area contributed by atoms with E-state index in [-0.39, 0.29) is 6.04 Å². The Morgan fingerprint density at radius 1 is 0.450 bits per heavy atom. The summed E-state index contributed by atoms with van der Waals surface area (Å²) in [5, 5.41) is 3.56. The number of anilines is 2. The third-order valence-corrected chi connectivity index (χ3v) is 12.3. The quantitative estimate of drug-likeness (QED) is 0.169. The molecular weight excluding hydrogens is 729 g/mol. The molecule has 2 aliphatic rings. The zero-order valence-corrected chi connectivity index (χ0v) is 32.8. The van der Waals surface area contributed by atoms with Crippen molar-refractivity contribution in [3.05, 3.63) is 223 Å². The SMILES string of the molecule is C1=C(c2ccc3c(c2)c2cc(-c4ccccc4)ccc2n3-c2ccccc2)C=C2c3ccccc3N(c3ccc(-c4nc(-c5ccccc5)c5ccccc5n4)cc3)C2C1. The van der Waals surface area contributed by atoms with Gasteiger partial charge >= 0.3 is 0 Å². The van der Waals surface area contributed by atoms with Crippen LogP contribution in [0.2, 0.25) is 0 Å². The lowest BCUT2D eigenvalue weighted by molar-refractivity contribution is 0.831. The third kappa shape index (κ3) is 5.60. The molecule has 0 saturated heterocycles. The number of fused-ring (bicyclic) bond motifs is 7. The highest BCUT2D eigenvalue weighted by molar-refractivity contribution is 6.12. The second kappa shape index (κ2) is 13.9. The smallest absolute Gasteiger partial charge is 0.160 e. The average molecular weight is 767 g/mol. The van der Waals surface area contributed by atoms with Crippen molar-refractivity contribution >= 4 is 55.2 Å². The van der Waals surface area contributed by atoms with Gasteiger partial charge in [-0.25, -0.2) is 9.97 Å². The van der Waals surface area contributed by atoms with Crippen molar-refractivity contribution in [1.82, 2.24) is 14.5 Å². The van der Waals surface area contributed by atoms with Gasteiger partial charge in [0.15, 0.2) is 5.82 Å². The van der Waals surface area contributed by atoms with Crippen LogP contribution in [0.4, 0.5) is 11.4 Å². The topological polar surface area (TPSA) is 34.0 Å². The molecule has 4 heteroatoms. The summed E-state index contributed by atoms with van der Waals surface area (Å²) in [6.07, 6.45) is 5.76. The summed E-state index contributed by atoms with van der Waals surface area (Å²) in [5.41, 5.74) is 17.5.